The van der Waals surface area contributed by atoms with Gasteiger partial charge in [-0.1, -0.05) is 12.1 Å². The van der Waals surface area contributed by atoms with Crippen LogP contribution in [0.15, 0.2) is 42.5 Å². The molecule has 0 saturated heterocycles. The normalized spacial score (nSPS) is 14.0. The number of fused-ring (bicyclic) bond motifs is 1. The number of carbonyl (C=O) groups excluding carboxylic acids is 1. The summed E-state index contributed by atoms with van der Waals surface area (Å²) in [4.78, 5) is 14.3. The summed E-state index contributed by atoms with van der Waals surface area (Å²) in [6, 6.07) is 11.2. The minimum Gasteiger partial charge on any atom is -0.508 e. The first-order valence-electron chi connectivity index (χ1n) is 6.72. The maximum Gasteiger partial charge on any atom is 0.262 e. The molecule has 108 valence electrons. The molecule has 0 fully saturated rings. The van der Waals surface area contributed by atoms with E-state index in [1.807, 2.05) is 18.2 Å². The maximum atomic E-state index is 12.7. The van der Waals surface area contributed by atoms with Gasteiger partial charge >= 0.3 is 0 Å². The van der Waals surface area contributed by atoms with Crippen LogP contribution in [0.4, 0.5) is 5.69 Å². The van der Waals surface area contributed by atoms with Gasteiger partial charge in [0.25, 0.3) is 5.91 Å². The molecule has 2 N–H and O–H groups in total. The van der Waals surface area contributed by atoms with Gasteiger partial charge in [-0.25, -0.2) is 0 Å². The molecular weight excluding hydrogens is 270 g/mol. The lowest BCUT2D eigenvalue weighted by Gasteiger charge is -2.22. The molecule has 1 heterocycles. The van der Waals surface area contributed by atoms with E-state index in [0.717, 1.165) is 0 Å². The van der Waals surface area contributed by atoms with Crippen molar-refractivity contribution in [3.05, 3.63) is 48.0 Å². The fourth-order valence-electron chi connectivity index (χ4n) is 2.38. The Morgan fingerprint density at radius 1 is 1.14 bits per heavy atom. The van der Waals surface area contributed by atoms with E-state index in [4.69, 9.17) is 4.74 Å². The Bertz CT molecular complexity index is 684. The Labute approximate surface area is 122 Å². The van der Waals surface area contributed by atoms with Gasteiger partial charge in [-0.3, -0.25) is 4.79 Å². The Balaban J connectivity index is 2.03. The molecule has 0 aliphatic carbocycles. The average Bonchev–Trinajstić information content (AvgIpc) is 2.71. The topological polar surface area (TPSA) is 70.0 Å². The third-order valence-electron chi connectivity index (χ3n) is 3.40. The summed E-state index contributed by atoms with van der Waals surface area (Å²) in [7, 11) is 0. The molecule has 0 saturated carbocycles. The van der Waals surface area contributed by atoms with Crippen LogP contribution in [0.2, 0.25) is 0 Å². The molecule has 2 aromatic carbocycles. The highest BCUT2D eigenvalue weighted by Crippen LogP contribution is 2.33. The molecule has 2 aromatic rings. The summed E-state index contributed by atoms with van der Waals surface area (Å²) >= 11 is 0. The van der Waals surface area contributed by atoms with Crippen molar-refractivity contribution >= 4 is 11.6 Å². The highest BCUT2D eigenvalue weighted by Gasteiger charge is 2.25. The summed E-state index contributed by atoms with van der Waals surface area (Å²) in [5, 5.41) is 19.4. The Hall–Kier alpha value is -2.69. The van der Waals surface area contributed by atoms with Crippen LogP contribution in [0.5, 0.6) is 17.2 Å². The SMILES string of the molecule is O=C(c1cc(O)ccc1O)N1CCCOc2ccccc21. The maximum absolute atomic E-state index is 12.7. The largest absolute Gasteiger partial charge is 0.508 e. The number of amides is 1. The quantitative estimate of drug-likeness (QED) is 0.790. The van der Waals surface area contributed by atoms with E-state index in [0.29, 0.717) is 31.0 Å². The number of aromatic hydroxyl groups is 2. The molecule has 0 atom stereocenters. The van der Waals surface area contributed by atoms with E-state index in [2.05, 4.69) is 0 Å². The van der Waals surface area contributed by atoms with Crippen LogP contribution in [-0.2, 0) is 0 Å². The molecule has 5 heteroatoms. The van der Waals surface area contributed by atoms with Gasteiger partial charge in [0.15, 0.2) is 0 Å². The number of ether oxygens (including phenoxy) is 1. The summed E-state index contributed by atoms with van der Waals surface area (Å²) < 4.78 is 5.61. The zero-order valence-electron chi connectivity index (χ0n) is 11.3. The van der Waals surface area contributed by atoms with Crippen LogP contribution >= 0.6 is 0 Å². The predicted molar refractivity (Wildman–Crippen MR) is 78.0 cm³/mol. The molecule has 5 nitrogen and oxygen atoms in total. The third kappa shape index (κ3) is 2.50. The molecular formula is C16H15NO4. The number of rotatable bonds is 1. The third-order valence-corrected chi connectivity index (χ3v) is 3.40. The molecule has 0 radical (unpaired) electrons. The number of anilines is 1. The van der Waals surface area contributed by atoms with Gasteiger partial charge in [0.1, 0.15) is 17.2 Å². The van der Waals surface area contributed by atoms with E-state index in [1.54, 1.807) is 11.0 Å². The van der Waals surface area contributed by atoms with E-state index < -0.39 is 0 Å². The van der Waals surface area contributed by atoms with Crippen LogP contribution < -0.4 is 9.64 Å². The minimum absolute atomic E-state index is 0.0597. The van der Waals surface area contributed by atoms with Crippen molar-refractivity contribution in [2.24, 2.45) is 0 Å². The number of nitrogens with zero attached hydrogens (tertiary/aromatic N) is 1. The van der Waals surface area contributed by atoms with Gasteiger partial charge in [0.2, 0.25) is 0 Å². The molecule has 0 spiro atoms. The zero-order valence-corrected chi connectivity index (χ0v) is 11.3. The minimum atomic E-state index is -0.360. The first-order valence-corrected chi connectivity index (χ1v) is 6.72. The molecule has 1 aliphatic heterocycles. The molecule has 1 aliphatic rings. The first kappa shape index (κ1) is 13.3. The van der Waals surface area contributed by atoms with Gasteiger partial charge in [-0.15, -0.1) is 0 Å². The summed E-state index contributed by atoms with van der Waals surface area (Å²) in [6.45, 7) is 1.03. The lowest BCUT2D eigenvalue weighted by molar-refractivity contribution is 0.0984. The van der Waals surface area contributed by atoms with Crippen molar-refractivity contribution in [1.82, 2.24) is 0 Å². The summed E-state index contributed by atoms with van der Waals surface area (Å²) in [6.07, 6.45) is 0.694. The first-order chi connectivity index (χ1) is 10.2. The number of carbonyl (C=O) groups is 1. The van der Waals surface area contributed by atoms with Crippen molar-refractivity contribution in [2.45, 2.75) is 6.42 Å². The van der Waals surface area contributed by atoms with Crippen molar-refractivity contribution in [2.75, 3.05) is 18.1 Å². The number of benzene rings is 2. The Morgan fingerprint density at radius 3 is 2.81 bits per heavy atom. The van der Waals surface area contributed by atoms with E-state index >= 15 is 0 Å². The van der Waals surface area contributed by atoms with Crippen molar-refractivity contribution < 1.29 is 19.7 Å². The highest BCUT2D eigenvalue weighted by molar-refractivity contribution is 6.08. The van der Waals surface area contributed by atoms with Crippen molar-refractivity contribution in [3.8, 4) is 17.2 Å². The van der Waals surface area contributed by atoms with Crippen molar-refractivity contribution in [1.29, 1.82) is 0 Å². The van der Waals surface area contributed by atoms with Crippen LogP contribution in [0.25, 0.3) is 0 Å². The summed E-state index contributed by atoms with van der Waals surface area (Å²) in [5.41, 5.74) is 0.745. The standard InChI is InChI=1S/C16H15NO4/c18-11-6-7-14(19)12(10-11)16(20)17-8-3-9-21-15-5-2-1-4-13(15)17/h1-2,4-7,10,18-19H,3,8-9H2. The van der Waals surface area contributed by atoms with E-state index in [9.17, 15) is 15.0 Å². The molecule has 1 amide bonds. The Kier molecular flexibility index (Phi) is 3.39. The van der Waals surface area contributed by atoms with Gasteiger partial charge in [0, 0.05) is 6.54 Å². The summed E-state index contributed by atoms with van der Waals surface area (Å²) in [5.74, 6) is 0.0697. The molecule has 0 bridgehead atoms. The van der Waals surface area contributed by atoms with Gasteiger partial charge in [-0.2, -0.15) is 0 Å². The lowest BCUT2D eigenvalue weighted by atomic mass is 10.1. The molecule has 0 aromatic heterocycles. The van der Waals surface area contributed by atoms with Crippen molar-refractivity contribution in [3.63, 3.8) is 0 Å². The van der Waals surface area contributed by atoms with Crippen LogP contribution in [0.1, 0.15) is 16.8 Å². The van der Waals surface area contributed by atoms with Gasteiger partial charge in [0.05, 0.1) is 17.9 Å². The van der Waals surface area contributed by atoms with Crippen LogP contribution in [-0.4, -0.2) is 29.3 Å². The zero-order chi connectivity index (χ0) is 14.8. The van der Waals surface area contributed by atoms with Gasteiger partial charge < -0.3 is 19.8 Å². The second kappa shape index (κ2) is 5.36. The highest BCUT2D eigenvalue weighted by atomic mass is 16.5. The number of phenolic OH excluding ortho intramolecular Hbond substituents is 2. The number of phenols is 2. The lowest BCUT2D eigenvalue weighted by Crippen LogP contribution is -2.31. The predicted octanol–water partition coefficient (Wildman–Crippen LogP) is 2.53. The second-order valence-corrected chi connectivity index (χ2v) is 4.83. The van der Waals surface area contributed by atoms with E-state index in [-0.39, 0.29) is 23.0 Å². The van der Waals surface area contributed by atoms with Gasteiger partial charge in [-0.05, 0) is 36.8 Å². The van der Waals surface area contributed by atoms with Crippen LogP contribution in [0.3, 0.4) is 0 Å². The fraction of sp³-hybridized carbons (Fsp3) is 0.188. The molecule has 3 rings (SSSR count). The van der Waals surface area contributed by atoms with E-state index in [1.165, 1.54) is 18.2 Å². The average molecular weight is 285 g/mol. The number of hydrogen-bond acceptors (Lipinski definition) is 4. The fourth-order valence-corrected chi connectivity index (χ4v) is 2.38. The monoisotopic (exact) mass is 285 g/mol. The molecule has 21 heavy (non-hydrogen) atoms. The molecule has 0 unspecified atom stereocenters. The van der Waals surface area contributed by atoms with Crippen LogP contribution in [0, 0.1) is 0 Å². The smallest absolute Gasteiger partial charge is 0.262 e. The number of para-hydroxylation sites is 2. The second-order valence-electron chi connectivity index (χ2n) is 4.83. The number of hydrogen-bond donors (Lipinski definition) is 2. The Morgan fingerprint density at radius 2 is 1.95 bits per heavy atom.